The zero-order chi connectivity index (χ0) is 20.3. The van der Waals surface area contributed by atoms with Gasteiger partial charge in [-0.3, -0.25) is 19.3 Å². The van der Waals surface area contributed by atoms with Crippen molar-refractivity contribution in [1.29, 1.82) is 0 Å². The summed E-state index contributed by atoms with van der Waals surface area (Å²) in [5.41, 5.74) is 2.61. The van der Waals surface area contributed by atoms with Gasteiger partial charge < -0.3 is 5.32 Å². The van der Waals surface area contributed by atoms with Gasteiger partial charge in [-0.2, -0.15) is 5.10 Å². The third-order valence-corrected chi connectivity index (χ3v) is 4.30. The molecule has 3 rings (SSSR count). The number of nitrogens with zero attached hydrogens (tertiary/aromatic N) is 2. The Kier molecular flexibility index (Phi) is 5.76. The molecule has 0 saturated carbocycles. The number of thiocarbonyl (C=S) groups is 1. The molecule has 2 aromatic carbocycles. The quantitative estimate of drug-likeness (QED) is 0.345. The Morgan fingerprint density at radius 1 is 1.25 bits per heavy atom. The maximum absolute atomic E-state index is 13.2. The first-order chi connectivity index (χ1) is 13.4. The molecule has 1 aliphatic heterocycles. The van der Waals surface area contributed by atoms with Gasteiger partial charge >= 0.3 is 0 Å². The summed E-state index contributed by atoms with van der Waals surface area (Å²) in [5, 5.41) is 6.46. The number of halogens is 2. The van der Waals surface area contributed by atoms with Gasteiger partial charge in [0.25, 0.3) is 11.8 Å². The smallest absolute Gasteiger partial charge is 0.271 e. The van der Waals surface area contributed by atoms with E-state index in [2.05, 4.69) is 15.8 Å². The number of carbonyl (C=O) groups excluding carboxylic acids is 3. The van der Waals surface area contributed by atoms with Crippen molar-refractivity contribution in [2.24, 2.45) is 11.0 Å². The Balaban J connectivity index is 1.75. The van der Waals surface area contributed by atoms with Crippen LogP contribution in [0.5, 0.6) is 0 Å². The number of rotatable bonds is 4. The summed E-state index contributed by atoms with van der Waals surface area (Å²) in [7, 11) is 0. The van der Waals surface area contributed by atoms with Crippen LogP contribution in [0.1, 0.15) is 10.4 Å². The Hall–Kier alpha value is -3.17. The highest BCUT2D eigenvalue weighted by molar-refractivity contribution is 7.80. The summed E-state index contributed by atoms with van der Waals surface area (Å²) >= 11 is 10.9. The lowest BCUT2D eigenvalue weighted by Crippen LogP contribution is -2.58. The van der Waals surface area contributed by atoms with E-state index in [0.29, 0.717) is 10.7 Å². The molecule has 0 aliphatic carbocycles. The molecule has 0 bridgehead atoms. The van der Waals surface area contributed by atoms with E-state index >= 15 is 0 Å². The molecule has 1 atom stereocenters. The number of carbonyl (C=O) groups is 3. The Labute approximate surface area is 169 Å². The standard InChI is InChI=1S/C18H12ClFN4O3S/c19-11-4-6-13(7-5-11)24-17(27)14(16(26)22-18(24)28)9-21-23-15(25)10-2-1-3-12(20)8-10/h1-9,14H,(H,23,25)(H,22,26,28)/b21-9-/t14-/m1/s1. The SMILES string of the molecule is O=C(N/N=C\[C@@H]1C(=O)NC(=S)N(c2ccc(Cl)cc2)C1=O)c1cccc(F)c1. The van der Waals surface area contributed by atoms with Crippen LogP contribution in [0, 0.1) is 11.7 Å². The maximum atomic E-state index is 13.2. The number of hydrazone groups is 1. The van der Waals surface area contributed by atoms with Crippen LogP contribution in [0.2, 0.25) is 5.02 Å². The van der Waals surface area contributed by atoms with Crippen LogP contribution >= 0.6 is 23.8 Å². The first-order valence-corrected chi connectivity index (χ1v) is 8.69. The topological polar surface area (TPSA) is 90.9 Å². The highest BCUT2D eigenvalue weighted by Gasteiger charge is 2.38. The predicted octanol–water partition coefficient (Wildman–Crippen LogP) is 2.26. The minimum Gasteiger partial charge on any atom is -0.301 e. The predicted molar refractivity (Wildman–Crippen MR) is 106 cm³/mol. The number of anilines is 1. The summed E-state index contributed by atoms with van der Waals surface area (Å²) in [6.45, 7) is 0. The monoisotopic (exact) mass is 418 g/mol. The summed E-state index contributed by atoms with van der Waals surface area (Å²) in [4.78, 5) is 37.9. The van der Waals surface area contributed by atoms with E-state index < -0.39 is 29.5 Å². The van der Waals surface area contributed by atoms with Gasteiger partial charge in [-0.15, -0.1) is 0 Å². The van der Waals surface area contributed by atoms with Crippen LogP contribution in [-0.2, 0) is 9.59 Å². The van der Waals surface area contributed by atoms with E-state index in [0.717, 1.165) is 17.2 Å². The van der Waals surface area contributed by atoms with Gasteiger partial charge in [0, 0.05) is 16.8 Å². The molecular weight excluding hydrogens is 407 g/mol. The fourth-order valence-electron chi connectivity index (χ4n) is 2.42. The van der Waals surface area contributed by atoms with Crippen LogP contribution in [0.15, 0.2) is 53.6 Å². The van der Waals surface area contributed by atoms with E-state index in [1.807, 2.05) is 0 Å². The largest absolute Gasteiger partial charge is 0.301 e. The van der Waals surface area contributed by atoms with Crippen molar-refractivity contribution >= 4 is 58.6 Å². The molecule has 10 heteroatoms. The number of benzene rings is 2. The van der Waals surface area contributed by atoms with Gasteiger partial charge in [-0.1, -0.05) is 17.7 Å². The van der Waals surface area contributed by atoms with E-state index in [4.69, 9.17) is 23.8 Å². The lowest BCUT2D eigenvalue weighted by Gasteiger charge is -2.30. The Morgan fingerprint density at radius 2 is 1.96 bits per heavy atom. The molecule has 28 heavy (non-hydrogen) atoms. The van der Waals surface area contributed by atoms with E-state index in [9.17, 15) is 18.8 Å². The van der Waals surface area contributed by atoms with Gasteiger partial charge in [0.1, 0.15) is 5.82 Å². The summed E-state index contributed by atoms with van der Waals surface area (Å²) in [6.07, 6.45) is 0.986. The van der Waals surface area contributed by atoms with Crippen LogP contribution in [0.4, 0.5) is 10.1 Å². The van der Waals surface area contributed by atoms with Crippen LogP contribution in [0.25, 0.3) is 0 Å². The molecule has 0 spiro atoms. The molecule has 0 radical (unpaired) electrons. The fraction of sp³-hybridized carbons (Fsp3) is 0.0556. The van der Waals surface area contributed by atoms with E-state index in [-0.39, 0.29) is 10.7 Å². The lowest BCUT2D eigenvalue weighted by molar-refractivity contribution is -0.130. The molecule has 1 heterocycles. The minimum absolute atomic E-state index is 0.0422. The molecule has 1 aliphatic rings. The molecule has 1 saturated heterocycles. The van der Waals surface area contributed by atoms with E-state index in [1.54, 1.807) is 24.3 Å². The summed E-state index contributed by atoms with van der Waals surface area (Å²) in [6, 6.07) is 11.3. The summed E-state index contributed by atoms with van der Waals surface area (Å²) in [5.74, 6) is -3.89. The number of hydrogen-bond acceptors (Lipinski definition) is 5. The first kappa shape index (κ1) is 19.6. The number of hydrogen-bond donors (Lipinski definition) is 2. The highest BCUT2D eigenvalue weighted by atomic mass is 35.5. The van der Waals surface area contributed by atoms with Crippen molar-refractivity contribution in [1.82, 2.24) is 10.7 Å². The fourth-order valence-corrected chi connectivity index (χ4v) is 2.84. The molecule has 3 amide bonds. The molecular formula is C18H12ClFN4O3S. The zero-order valence-corrected chi connectivity index (χ0v) is 15.6. The lowest BCUT2D eigenvalue weighted by atomic mass is 10.1. The molecule has 7 nitrogen and oxygen atoms in total. The third-order valence-electron chi connectivity index (χ3n) is 3.76. The third kappa shape index (κ3) is 4.21. The molecule has 2 N–H and O–H groups in total. The van der Waals surface area contributed by atoms with Crippen LogP contribution in [0.3, 0.4) is 0 Å². The molecule has 0 aromatic heterocycles. The van der Waals surface area contributed by atoms with E-state index in [1.165, 1.54) is 18.2 Å². The van der Waals surface area contributed by atoms with Crippen molar-refractivity contribution in [3.05, 3.63) is 64.9 Å². The molecule has 2 aromatic rings. The highest BCUT2D eigenvalue weighted by Crippen LogP contribution is 2.22. The number of nitrogens with one attached hydrogen (secondary N) is 2. The maximum Gasteiger partial charge on any atom is 0.271 e. The van der Waals surface area contributed by atoms with Crippen molar-refractivity contribution in [3.63, 3.8) is 0 Å². The second-order valence-electron chi connectivity index (χ2n) is 5.65. The van der Waals surface area contributed by atoms with Gasteiger partial charge in [-0.25, -0.2) is 9.82 Å². The molecule has 0 unspecified atom stereocenters. The Morgan fingerprint density at radius 3 is 2.64 bits per heavy atom. The molecule has 142 valence electrons. The van der Waals surface area contributed by atoms with Gasteiger partial charge in [0.2, 0.25) is 5.91 Å². The van der Waals surface area contributed by atoms with Crippen LogP contribution in [-0.4, -0.2) is 29.0 Å². The van der Waals surface area contributed by atoms with Crippen molar-refractivity contribution in [2.45, 2.75) is 0 Å². The number of amides is 3. The van der Waals surface area contributed by atoms with Gasteiger partial charge in [0.05, 0.1) is 5.69 Å². The minimum atomic E-state index is -1.31. The first-order valence-electron chi connectivity index (χ1n) is 7.90. The van der Waals surface area contributed by atoms with Crippen LogP contribution < -0.4 is 15.6 Å². The normalized spacial score (nSPS) is 17.0. The van der Waals surface area contributed by atoms with Gasteiger partial charge in [-0.05, 0) is 54.7 Å². The zero-order valence-electron chi connectivity index (χ0n) is 14.1. The second kappa shape index (κ2) is 8.24. The average Bonchev–Trinajstić information content (AvgIpc) is 2.65. The average molecular weight is 419 g/mol. The molecule has 1 fully saturated rings. The second-order valence-corrected chi connectivity index (χ2v) is 6.47. The van der Waals surface area contributed by atoms with Crippen molar-refractivity contribution < 1.29 is 18.8 Å². The van der Waals surface area contributed by atoms with Crippen molar-refractivity contribution in [3.8, 4) is 0 Å². The summed E-state index contributed by atoms with van der Waals surface area (Å²) < 4.78 is 13.2. The Bertz CT molecular complexity index is 997. The van der Waals surface area contributed by atoms with Gasteiger partial charge in [0.15, 0.2) is 11.0 Å². The van der Waals surface area contributed by atoms with Crippen molar-refractivity contribution in [2.75, 3.05) is 4.90 Å².